The van der Waals surface area contributed by atoms with Gasteiger partial charge < -0.3 is 14.8 Å². The Kier molecular flexibility index (Phi) is 9.02. The lowest BCUT2D eigenvalue weighted by atomic mass is 10.1. The molecule has 120 valence electrons. The lowest BCUT2D eigenvalue weighted by Crippen LogP contribution is -2.19. The predicted molar refractivity (Wildman–Crippen MR) is 86.8 cm³/mol. The fourth-order valence-electron chi connectivity index (χ4n) is 2.04. The van der Waals surface area contributed by atoms with Crippen molar-refractivity contribution in [2.24, 2.45) is 5.92 Å². The van der Waals surface area contributed by atoms with Gasteiger partial charge in [-0.25, -0.2) is 4.98 Å². The van der Waals surface area contributed by atoms with Crippen LogP contribution >= 0.6 is 0 Å². The van der Waals surface area contributed by atoms with Crippen molar-refractivity contribution in [2.75, 3.05) is 26.4 Å². The van der Waals surface area contributed by atoms with Gasteiger partial charge >= 0.3 is 0 Å². The van der Waals surface area contributed by atoms with Crippen LogP contribution in [0.3, 0.4) is 0 Å². The Balaban J connectivity index is 2.61. The third kappa shape index (κ3) is 8.02. The lowest BCUT2D eigenvalue weighted by Gasteiger charge is -2.12. The summed E-state index contributed by atoms with van der Waals surface area (Å²) in [5.41, 5.74) is 2.34. The molecule has 1 N–H and O–H groups in total. The van der Waals surface area contributed by atoms with E-state index in [9.17, 15) is 0 Å². The Hall–Kier alpha value is -1.13. The van der Waals surface area contributed by atoms with E-state index in [2.05, 4.69) is 37.1 Å². The number of nitrogens with one attached hydrogen (secondary N) is 1. The van der Waals surface area contributed by atoms with E-state index in [-0.39, 0.29) is 0 Å². The zero-order valence-corrected chi connectivity index (χ0v) is 13.9. The molecule has 1 aromatic heterocycles. The number of aromatic nitrogens is 1. The maximum atomic E-state index is 5.70. The molecule has 0 aliphatic rings. The maximum absolute atomic E-state index is 5.70. The fourth-order valence-corrected chi connectivity index (χ4v) is 2.04. The lowest BCUT2D eigenvalue weighted by molar-refractivity contribution is 0.108. The van der Waals surface area contributed by atoms with Crippen LogP contribution in [0.5, 0.6) is 5.88 Å². The highest BCUT2D eigenvalue weighted by Crippen LogP contribution is 2.14. The molecule has 0 fully saturated rings. The van der Waals surface area contributed by atoms with Crippen LogP contribution in [0.2, 0.25) is 0 Å². The van der Waals surface area contributed by atoms with Gasteiger partial charge in [0.1, 0.15) is 6.61 Å². The molecule has 0 saturated carbocycles. The highest BCUT2D eigenvalue weighted by Gasteiger charge is 2.04. The van der Waals surface area contributed by atoms with Crippen molar-refractivity contribution in [3.63, 3.8) is 0 Å². The van der Waals surface area contributed by atoms with E-state index in [1.165, 1.54) is 5.56 Å². The van der Waals surface area contributed by atoms with Crippen molar-refractivity contribution in [1.82, 2.24) is 10.3 Å². The second-order valence-electron chi connectivity index (χ2n) is 5.63. The molecule has 0 aliphatic carbocycles. The Bertz CT molecular complexity index is 394. The molecule has 1 rings (SSSR count). The molecule has 0 aliphatic heterocycles. The number of hydrogen-bond acceptors (Lipinski definition) is 4. The minimum atomic E-state index is 0.551. The number of rotatable bonds is 11. The Morgan fingerprint density at radius 2 is 2.00 bits per heavy atom. The van der Waals surface area contributed by atoms with Crippen LogP contribution in [-0.2, 0) is 17.7 Å². The number of ether oxygens (including phenoxy) is 2. The first-order valence-corrected chi connectivity index (χ1v) is 8.06. The van der Waals surface area contributed by atoms with Gasteiger partial charge in [-0.15, -0.1) is 0 Å². The smallest absolute Gasteiger partial charge is 0.213 e. The SMILES string of the molecule is CCCc1cc(CNCC(C)C)cc(OCCOCC)n1. The van der Waals surface area contributed by atoms with Crippen molar-refractivity contribution < 1.29 is 9.47 Å². The Morgan fingerprint density at radius 1 is 1.19 bits per heavy atom. The Morgan fingerprint density at radius 3 is 2.67 bits per heavy atom. The van der Waals surface area contributed by atoms with Gasteiger partial charge in [-0.3, -0.25) is 0 Å². The molecule has 0 amide bonds. The van der Waals surface area contributed by atoms with E-state index in [1.807, 2.05) is 13.0 Å². The van der Waals surface area contributed by atoms with Gasteiger partial charge in [0.05, 0.1) is 6.61 Å². The van der Waals surface area contributed by atoms with Crippen molar-refractivity contribution in [3.8, 4) is 5.88 Å². The van der Waals surface area contributed by atoms with Crippen LogP contribution in [-0.4, -0.2) is 31.3 Å². The normalized spacial score (nSPS) is 11.1. The van der Waals surface area contributed by atoms with Crippen LogP contribution in [0, 0.1) is 5.92 Å². The molecule has 0 spiro atoms. The van der Waals surface area contributed by atoms with Crippen molar-refractivity contribution in [1.29, 1.82) is 0 Å². The molecule has 1 heterocycles. The first-order valence-electron chi connectivity index (χ1n) is 8.06. The van der Waals surface area contributed by atoms with Crippen molar-refractivity contribution in [2.45, 2.75) is 47.1 Å². The average molecular weight is 294 g/mol. The van der Waals surface area contributed by atoms with E-state index in [1.54, 1.807) is 0 Å². The number of aryl methyl sites for hydroxylation is 1. The van der Waals surface area contributed by atoms with E-state index >= 15 is 0 Å². The highest BCUT2D eigenvalue weighted by molar-refractivity contribution is 5.25. The van der Waals surface area contributed by atoms with Gasteiger partial charge in [0.15, 0.2) is 0 Å². The third-order valence-corrected chi connectivity index (χ3v) is 2.98. The first kappa shape index (κ1) is 17.9. The molecule has 4 nitrogen and oxygen atoms in total. The quantitative estimate of drug-likeness (QED) is 0.637. The summed E-state index contributed by atoms with van der Waals surface area (Å²) in [6.45, 7) is 12.3. The number of hydrogen-bond donors (Lipinski definition) is 1. The summed E-state index contributed by atoms with van der Waals surface area (Å²) in [4.78, 5) is 4.56. The standard InChI is InChI=1S/C17H30N2O2/c1-5-7-16-10-15(13-18-12-14(3)4)11-17(19-16)21-9-8-20-6-2/h10-11,14,18H,5-9,12-13H2,1-4H3. The summed E-state index contributed by atoms with van der Waals surface area (Å²) < 4.78 is 11.0. The molecule has 0 radical (unpaired) electrons. The summed E-state index contributed by atoms with van der Waals surface area (Å²) in [6.07, 6.45) is 2.08. The third-order valence-electron chi connectivity index (χ3n) is 2.98. The zero-order chi connectivity index (χ0) is 15.5. The van der Waals surface area contributed by atoms with Crippen LogP contribution in [0.25, 0.3) is 0 Å². The topological polar surface area (TPSA) is 43.4 Å². The summed E-state index contributed by atoms with van der Waals surface area (Å²) in [6, 6.07) is 4.20. The Labute approximate surface area is 129 Å². The minimum absolute atomic E-state index is 0.551. The average Bonchev–Trinajstić information content (AvgIpc) is 2.43. The van der Waals surface area contributed by atoms with Crippen LogP contribution in [0.4, 0.5) is 0 Å². The van der Waals surface area contributed by atoms with E-state index in [0.717, 1.165) is 38.2 Å². The van der Waals surface area contributed by atoms with Gasteiger partial charge in [-0.05, 0) is 37.4 Å². The molecule has 1 aromatic rings. The van der Waals surface area contributed by atoms with E-state index in [4.69, 9.17) is 9.47 Å². The highest BCUT2D eigenvalue weighted by atomic mass is 16.5. The summed E-state index contributed by atoms with van der Waals surface area (Å²) in [5, 5.41) is 3.47. The largest absolute Gasteiger partial charge is 0.475 e. The molecule has 21 heavy (non-hydrogen) atoms. The predicted octanol–water partition coefficient (Wildman–Crippen LogP) is 3.20. The maximum Gasteiger partial charge on any atom is 0.213 e. The van der Waals surface area contributed by atoms with Gasteiger partial charge in [0, 0.05) is 24.9 Å². The molecule has 4 heteroatoms. The zero-order valence-electron chi connectivity index (χ0n) is 13.9. The van der Waals surface area contributed by atoms with Crippen molar-refractivity contribution >= 4 is 0 Å². The molecule has 0 aromatic carbocycles. The fraction of sp³-hybridized carbons (Fsp3) is 0.706. The molecular formula is C17H30N2O2. The second kappa shape index (κ2) is 10.6. The molecular weight excluding hydrogens is 264 g/mol. The van der Waals surface area contributed by atoms with Gasteiger partial charge in [-0.2, -0.15) is 0 Å². The molecule has 0 atom stereocenters. The number of pyridine rings is 1. The van der Waals surface area contributed by atoms with Crippen LogP contribution in [0.15, 0.2) is 12.1 Å². The number of nitrogens with zero attached hydrogens (tertiary/aromatic N) is 1. The summed E-state index contributed by atoms with van der Waals surface area (Å²) >= 11 is 0. The van der Waals surface area contributed by atoms with E-state index in [0.29, 0.717) is 25.0 Å². The van der Waals surface area contributed by atoms with Crippen molar-refractivity contribution in [3.05, 3.63) is 23.4 Å². The monoisotopic (exact) mass is 294 g/mol. The summed E-state index contributed by atoms with van der Waals surface area (Å²) in [7, 11) is 0. The van der Waals surface area contributed by atoms with E-state index < -0.39 is 0 Å². The molecule has 0 unspecified atom stereocenters. The molecule has 0 bridgehead atoms. The second-order valence-corrected chi connectivity index (χ2v) is 5.63. The van der Waals surface area contributed by atoms with Gasteiger partial charge in [0.25, 0.3) is 0 Å². The van der Waals surface area contributed by atoms with Crippen LogP contribution < -0.4 is 10.1 Å². The van der Waals surface area contributed by atoms with Gasteiger partial charge in [-0.1, -0.05) is 27.2 Å². The van der Waals surface area contributed by atoms with Gasteiger partial charge in [0.2, 0.25) is 5.88 Å². The molecule has 0 saturated heterocycles. The van der Waals surface area contributed by atoms with Crippen LogP contribution in [0.1, 0.15) is 45.4 Å². The minimum Gasteiger partial charge on any atom is -0.475 e. The summed E-state index contributed by atoms with van der Waals surface area (Å²) in [5.74, 6) is 1.37. The first-order chi connectivity index (χ1) is 10.2.